The molecule has 3 aromatic rings. The van der Waals surface area contributed by atoms with Crippen molar-refractivity contribution in [3.63, 3.8) is 0 Å². The number of benzene rings is 2. The fourth-order valence-electron chi connectivity index (χ4n) is 3.66. The smallest absolute Gasteiger partial charge is 0.329 e. The van der Waals surface area contributed by atoms with Crippen LogP contribution in [0.5, 0.6) is 0 Å². The zero-order valence-electron chi connectivity index (χ0n) is 14.2. The number of aromatic nitrogens is 2. The molecule has 1 aliphatic heterocycles. The molecule has 1 atom stereocenters. The molecule has 1 unspecified atom stereocenters. The zero-order chi connectivity index (χ0) is 18.1. The molecule has 0 saturated carbocycles. The Balaban J connectivity index is 1.65. The summed E-state index contributed by atoms with van der Waals surface area (Å²) < 4.78 is 0.991. The molecule has 6 heteroatoms. The lowest BCUT2D eigenvalue weighted by Crippen LogP contribution is -2.42. The molecule has 1 aliphatic rings. The maximum absolute atomic E-state index is 12.9. The van der Waals surface area contributed by atoms with E-state index in [1.54, 1.807) is 29.2 Å². The molecule has 0 spiro atoms. The van der Waals surface area contributed by atoms with Crippen molar-refractivity contribution in [2.75, 3.05) is 6.54 Å². The fourth-order valence-corrected chi connectivity index (χ4v) is 3.66. The second-order valence-electron chi connectivity index (χ2n) is 6.52. The molecule has 1 N–H and O–H groups in total. The molecule has 26 heavy (non-hydrogen) atoms. The van der Waals surface area contributed by atoms with Gasteiger partial charge in [0.1, 0.15) is 6.54 Å². The van der Waals surface area contributed by atoms with Crippen LogP contribution >= 0.6 is 0 Å². The molecule has 1 fully saturated rings. The second-order valence-corrected chi connectivity index (χ2v) is 6.52. The number of hydrogen-bond acceptors (Lipinski definition) is 3. The third kappa shape index (κ3) is 2.83. The minimum Gasteiger partial charge on any atom is -0.334 e. The number of carbonyl (C=O) groups is 1. The predicted octanol–water partition coefficient (Wildman–Crippen LogP) is 2.05. The Morgan fingerprint density at radius 3 is 2.58 bits per heavy atom. The topological polar surface area (TPSA) is 75.2 Å². The van der Waals surface area contributed by atoms with Crippen molar-refractivity contribution in [1.29, 1.82) is 0 Å². The first kappa shape index (κ1) is 16.3. The number of likely N-dealkylation sites (tertiary alicyclic amines) is 1. The van der Waals surface area contributed by atoms with Crippen LogP contribution in [0.2, 0.25) is 0 Å². The zero-order valence-corrected chi connectivity index (χ0v) is 14.2. The van der Waals surface area contributed by atoms with E-state index in [1.807, 2.05) is 30.3 Å². The van der Waals surface area contributed by atoms with Crippen molar-refractivity contribution in [3.8, 4) is 0 Å². The highest BCUT2D eigenvalue weighted by Gasteiger charge is 2.30. The molecule has 0 radical (unpaired) electrons. The van der Waals surface area contributed by atoms with E-state index in [4.69, 9.17) is 0 Å². The van der Waals surface area contributed by atoms with Crippen LogP contribution in [-0.2, 0) is 11.3 Å². The summed E-state index contributed by atoms with van der Waals surface area (Å²) in [7, 11) is 0. The van der Waals surface area contributed by atoms with Gasteiger partial charge in [-0.15, -0.1) is 0 Å². The number of hydrogen-bond donors (Lipinski definition) is 1. The molecule has 6 nitrogen and oxygen atoms in total. The molecule has 1 amide bonds. The van der Waals surface area contributed by atoms with Crippen LogP contribution in [0.1, 0.15) is 24.4 Å². The standard InChI is InChI=1S/C20H19N3O3/c24-18(22-12-6-11-17(22)14-7-2-1-3-8-14)13-23-19(25)15-9-4-5-10-16(15)21-20(23)26/h1-5,7-10,17H,6,11-13H2,(H,21,26). The summed E-state index contributed by atoms with van der Waals surface area (Å²) in [6, 6.07) is 16.7. The number of H-pyrrole nitrogens is 1. The third-order valence-electron chi connectivity index (χ3n) is 4.94. The summed E-state index contributed by atoms with van der Waals surface area (Å²) >= 11 is 0. The Morgan fingerprint density at radius 1 is 1.04 bits per heavy atom. The van der Waals surface area contributed by atoms with Gasteiger partial charge in [0, 0.05) is 6.54 Å². The van der Waals surface area contributed by atoms with Crippen LogP contribution in [-0.4, -0.2) is 26.9 Å². The lowest BCUT2D eigenvalue weighted by atomic mass is 10.0. The minimum absolute atomic E-state index is 0.000981. The first-order valence-electron chi connectivity index (χ1n) is 8.71. The molecule has 0 bridgehead atoms. The first-order chi connectivity index (χ1) is 12.6. The van der Waals surface area contributed by atoms with Crippen LogP contribution < -0.4 is 11.2 Å². The molecule has 4 rings (SSSR count). The maximum atomic E-state index is 12.9. The summed E-state index contributed by atoms with van der Waals surface area (Å²) in [5.41, 5.74) is 0.568. The monoisotopic (exact) mass is 349 g/mol. The van der Waals surface area contributed by atoms with Crippen molar-refractivity contribution in [3.05, 3.63) is 81.0 Å². The largest absolute Gasteiger partial charge is 0.334 e. The van der Waals surface area contributed by atoms with E-state index in [0.29, 0.717) is 17.4 Å². The van der Waals surface area contributed by atoms with Gasteiger partial charge in [-0.05, 0) is 30.5 Å². The van der Waals surface area contributed by atoms with E-state index >= 15 is 0 Å². The Kier molecular flexibility index (Phi) is 4.16. The van der Waals surface area contributed by atoms with Gasteiger partial charge in [-0.25, -0.2) is 4.79 Å². The van der Waals surface area contributed by atoms with Crippen molar-refractivity contribution in [2.45, 2.75) is 25.4 Å². The van der Waals surface area contributed by atoms with E-state index in [2.05, 4.69) is 4.98 Å². The van der Waals surface area contributed by atoms with E-state index in [0.717, 1.165) is 23.0 Å². The highest BCUT2D eigenvalue weighted by Crippen LogP contribution is 2.31. The molecule has 2 aromatic carbocycles. The van der Waals surface area contributed by atoms with Gasteiger partial charge in [0.2, 0.25) is 5.91 Å². The second kappa shape index (κ2) is 6.63. The Bertz CT molecular complexity index is 1070. The summed E-state index contributed by atoms with van der Waals surface area (Å²) in [6.45, 7) is 0.390. The third-order valence-corrected chi connectivity index (χ3v) is 4.94. The van der Waals surface area contributed by atoms with Gasteiger partial charge in [0.05, 0.1) is 16.9 Å². The molecular formula is C20H19N3O3. The Hall–Kier alpha value is -3.15. The molecule has 0 aliphatic carbocycles. The molecule has 132 valence electrons. The summed E-state index contributed by atoms with van der Waals surface area (Å²) in [5.74, 6) is -0.209. The van der Waals surface area contributed by atoms with E-state index in [9.17, 15) is 14.4 Å². The van der Waals surface area contributed by atoms with Gasteiger partial charge in [-0.1, -0.05) is 42.5 Å². The van der Waals surface area contributed by atoms with Crippen molar-refractivity contribution < 1.29 is 4.79 Å². The minimum atomic E-state index is -0.558. The van der Waals surface area contributed by atoms with Crippen molar-refractivity contribution >= 4 is 16.8 Å². The Labute approximate surface area is 149 Å². The lowest BCUT2D eigenvalue weighted by molar-refractivity contribution is -0.132. The van der Waals surface area contributed by atoms with Crippen LogP contribution in [0.25, 0.3) is 10.9 Å². The molecular weight excluding hydrogens is 330 g/mol. The van der Waals surface area contributed by atoms with Gasteiger partial charge in [-0.3, -0.25) is 14.2 Å². The highest BCUT2D eigenvalue weighted by atomic mass is 16.2. The van der Waals surface area contributed by atoms with Crippen LogP contribution in [0, 0.1) is 0 Å². The quantitative estimate of drug-likeness (QED) is 0.786. The maximum Gasteiger partial charge on any atom is 0.329 e. The number of nitrogens with one attached hydrogen (secondary N) is 1. The number of nitrogens with zero attached hydrogens (tertiary/aromatic N) is 2. The van der Waals surface area contributed by atoms with E-state index in [1.165, 1.54) is 0 Å². The van der Waals surface area contributed by atoms with Crippen LogP contribution in [0.3, 0.4) is 0 Å². The van der Waals surface area contributed by atoms with Crippen LogP contribution in [0.15, 0.2) is 64.2 Å². The number of carbonyl (C=O) groups excluding carboxylic acids is 1. The van der Waals surface area contributed by atoms with Crippen LogP contribution in [0.4, 0.5) is 0 Å². The number of amides is 1. The summed E-state index contributed by atoms with van der Waals surface area (Å²) in [6.07, 6.45) is 1.80. The summed E-state index contributed by atoms with van der Waals surface area (Å²) in [5, 5.41) is 0.404. The van der Waals surface area contributed by atoms with E-state index < -0.39 is 11.2 Å². The summed E-state index contributed by atoms with van der Waals surface area (Å²) in [4.78, 5) is 42.2. The lowest BCUT2D eigenvalue weighted by Gasteiger charge is -2.25. The van der Waals surface area contributed by atoms with Gasteiger partial charge in [0.25, 0.3) is 5.56 Å². The van der Waals surface area contributed by atoms with Gasteiger partial charge < -0.3 is 9.88 Å². The first-order valence-corrected chi connectivity index (χ1v) is 8.71. The van der Waals surface area contributed by atoms with Gasteiger partial charge in [0.15, 0.2) is 0 Å². The normalized spacial score (nSPS) is 16.9. The molecule has 2 heterocycles. The average Bonchev–Trinajstić information content (AvgIpc) is 3.16. The number of aromatic amines is 1. The predicted molar refractivity (Wildman–Crippen MR) is 99.0 cm³/mol. The number of rotatable bonds is 3. The van der Waals surface area contributed by atoms with E-state index in [-0.39, 0.29) is 18.5 Å². The molecule has 1 saturated heterocycles. The number of fused-ring (bicyclic) bond motifs is 1. The molecule has 1 aromatic heterocycles. The van der Waals surface area contributed by atoms with Crippen molar-refractivity contribution in [1.82, 2.24) is 14.5 Å². The average molecular weight is 349 g/mol. The Morgan fingerprint density at radius 2 is 1.77 bits per heavy atom. The highest BCUT2D eigenvalue weighted by molar-refractivity contribution is 5.79. The fraction of sp³-hybridized carbons (Fsp3) is 0.250. The van der Waals surface area contributed by atoms with Gasteiger partial charge >= 0.3 is 5.69 Å². The SMILES string of the molecule is O=C(Cn1c(=O)[nH]c2ccccc2c1=O)N1CCCC1c1ccccc1. The number of para-hydroxylation sites is 1. The van der Waals surface area contributed by atoms with Crippen molar-refractivity contribution in [2.24, 2.45) is 0 Å². The van der Waals surface area contributed by atoms with Gasteiger partial charge in [-0.2, -0.15) is 0 Å².